The first-order valence-electron chi connectivity index (χ1n) is 15.1. The van der Waals surface area contributed by atoms with Crippen molar-refractivity contribution in [1.82, 2.24) is 0 Å². The van der Waals surface area contributed by atoms with Crippen LogP contribution >= 0.6 is 0 Å². The summed E-state index contributed by atoms with van der Waals surface area (Å²) >= 11 is 0. The Bertz CT molecular complexity index is 1640. The fourth-order valence-electron chi connectivity index (χ4n) is 5.95. The highest BCUT2D eigenvalue weighted by atomic mass is 15.2. The summed E-state index contributed by atoms with van der Waals surface area (Å²) in [6, 6.07) is 17.3. The lowest BCUT2D eigenvalue weighted by Crippen LogP contribution is -2.30. The van der Waals surface area contributed by atoms with Crippen molar-refractivity contribution in [1.29, 1.82) is 0 Å². The minimum atomic E-state index is -0.615. The van der Waals surface area contributed by atoms with Gasteiger partial charge in [0.25, 0.3) is 0 Å². The molecular weight excluding hydrogens is 530 g/mol. The molecule has 0 bridgehead atoms. The third-order valence-electron chi connectivity index (χ3n) is 7.63. The lowest BCUT2D eigenvalue weighted by Gasteiger charge is -2.36. The molecule has 0 saturated heterocycles. The van der Waals surface area contributed by atoms with Gasteiger partial charge in [-0.25, -0.2) is 0 Å². The quantitative estimate of drug-likeness (QED) is 0.203. The summed E-state index contributed by atoms with van der Waals surface area (Å²) in [5.41, 5.74) is 9.33. The Kier molecular flexibility index (Phi) is 12.5. The van der Waals surface area contributed by atoms with E-state index in [1.165, 1.54) is 11.1 Å². The molecule has 2 aromatic carbocycles. The standard InChI is InChI=1S/C43H45N/c1-9-17-26-34(14-6)43(35-27-22-21-23-28-35)39(16-8)38(31-20-12-4)42-40(43)32-24-33-41(42)44(36(15-7)29-18-10-2)37(25-13-5)30-19-11-3/h9-33H,1-2,4,8H2,3,5-7H3/b19-11-,25-13-,26-17-,29-18-,31-20-,34-14+,36-15+,37-30+. The van der Waals surface area contributed by atoms with Crippen LogP contribution in [0.5, 0.6) is 0 Å². The Morgan fingerprint density at radius 1 is 0.682 bits per heavy atom. The number of fused-ring (bicyclic) bond motifs is 1. The maximum absolute atomic E-state index is 4.41. The molecule has 0 radical (unpaired) electrons. The van der Waals surface area contributed by atoms with E-state index < -0.39 is 5.41 Å². The zero-order valence-corrected chi connectivity index (χ0v) is 26.7. The summed E-state index contributed by atoms with van der Waals surface area (Å²) in [4.78, 5) is 2.32. The minimum absolute atomic E-state index is 0.615. The van der Waals surface area contributed by atoms with E-state index >= 15 is 0 Å². The van der Waals surface area contributed by atoms with Crippen LogP contribution in [0.2, 0.25) is 0 Å². The van der Waals surface area contributed by atoms with E-state index in [4.69, 9.17) is 0 Å². The largest absolute Gasteiger partial charge is 0.310 e. The van der Waals surface area contributed by atoms with Gasteiger partial charge in [0, 0.05) is 17.0 Å². The highest BCUT2D eigenvalue weighted by molar-refractivity contribution is 5.98. The van der Waals surface area contributed by atoms with Crippen LogP contribution in [0.4, 0.5) is 5.69 Å². The lowest BCUT2D eigenvalue weighted by molar-refractivity contribution is 0.758. The molecule has 222 valence electrons. The van der Waals surface area contributed by atoms with E-state index in [-0.39, 0.29) is 0 Å². The highest BCUT2D eigenvalue weighted by Crippen LogP contribution is 2.58. The molecule has 1 nitrogen and oxygen atoms in total. The van der Waals surface area contributed by atoms with Gasteiger partial charge in [-0.05, 0) is 79.8 Å². The Balaban J connectivity index is 2.69. The van der Waals surface area contributed by atoms with Crippen molar-refractivity contribution in [3.8, 4) is 0 Å². The van der Waals surface area contributed by atoms with Crippen LogP contribution in [0, 0.1) is 0 Å². The lowest BCUT2D eigenvalue weighted by atomic mass is 9.66. The first kappa shape index (κ1) is 33.4. The second kappa shape index (κ2) is 16.5. The Morgan fingerprint density at radius 2 is 1.39 bits per heavy atom. The molecule has 0 N–H and O–H groups in total. The molecular formula is C43H45N. The molecule has 0 aliphatic heterocycles. The molecule has 1 aliphatic carbocycles. The number of hydrogen-bond donors (Lipinski definition) is 0. The summed E-state index contributed by atoms with van der Waals surface area (Å²) < 4.78 is 0. The smallest absolute Gasteiger partial charge is 0.0710 e. The van der Waals surface area contributed by atoms with Crippen molar-refractivity contribution >= 4 is 11.3 Å². The second-order valence-corrected chi connectivity index (χ2v) is 10.0. The van der Waals surface area contributed by atoms with E-state index in [1.807, 2.05) is 56.4 Å². The Labute approximate surface area is 266 Å². The van der Waals surface area contributed by atoms with Crippen LogP contribution in [0.3, 0.4) is 0 Å². The number of allylic oxidation sites excluding steroid dienone is 20. The number of benzene rings is 2. The van der Waals surface area contributed by atoms with E-state index in [0.29, 0.717) is 0 Å². The average molecular weight is 576 g/mol. The molecule has 1 unspecified atom stereocenters. The SMILES string of the molecule is C=C/C=C\C1=C(C=C)C(C(/C=C\C=C)=C/C)(c2ccccc2)c2cccc(N(C(/C=C\C=C)=C/C)C(/C=C\C)=C/C=C\C)c21. The summed E-state index contributed by atoms with van der Waals surface area (Å²) in [5, 5.41) is 0. The van der Waals surface area contributed by atoms with Gasteiger partial charge in [0.1, 0.15) is 0 Å². The van der Waals surface area contributed by atoms with Crippen LogP contribution < -0.4 is 4.90 Å². The van der Waals surface area contributed by atoms with E-state index in [9.17, 15) is 0 Å². The van der Waals surface area contributed by atoms with Crippen molar-refractivity contribution < 1.29 is 0 Å². The van der Waals surface area contributed by atoms with Gasteiger partial charge in [0.05, 0.1) is 11.1 Å². The summed E-state index contributed by atoms with van der Waals surface area (Å²) in [6.45, 7) is 24.5. The first-order chi connectivity index (χ1) is 21.5. The number of anilines is 1. The van der Waals surface area contributed by atoms with Crippen LogP contribution in [-0.2, 0) is 5.41 Å². The molecule has 1 heteroatoms. The predicted octanol–water partition coefficient (Wildman–Crippen LogP) is 11.8. The third kappa shape index (κ3) is 6.43. The normalized spacial score (nSPS) is 17.9. The zero-order valence-electron chi connectivity index (χ0n) is 26.7. The van der Waals surface area contributed by atoms with Gasteiger partial charge in [-0.1, -0.05) is 154 Å². The highest BCUT2D eigenvalue weighted by Gasteiger charge is 2.47. The maximum atomic E-state index is 4.41. The van der Waals surface area contributed by atoms with Crippen LogP contribution in [0.15, 0.2) is 201 Å². The third-order valence-corrected chi connectivity index (χ3v) is 7.63. The summed E-state index contributed by atoms with van der Waals surface area (Å²) in [5.74, 6) is 0. The molecule has 1 aliphatic rings. The molecule has 44 heavy (non-hydrogen) atoms. The fraction of sp³-hybridized carbons (Fsp3) is 0.116. The average Bonchev–Trinajstić information content (AvgIpc) is 3.35. The predicted molar refractivity (Wildman–Crippen MR) is 196 cm³/mol. The van der Waals surface area contributed by atoms with Gasteiger partial charge < -0.3 is 4.90 Å². The Morgan fingerprint density at radius 3 is 1.98 bits per heavy atom. The summed E-state index contributed by atoms with van der Waals surface area (Å²) in [6.07, 6.45) is 34.7. The molecule has 0 saturated carbocycles. The number of nitrogens with zero attached hydrogens (tertiary/aromatic N) is 1. The van der Waals surface area contributed by atoms with Crippen molar-refractivity contribution in [2.45, 2.75) is 33.1 Å². The second-order valence-electron chi connectivity index (χ2n) is 10.0. The molecule has 2 aromatic rings. The molecule has 3 rings (SSSR count). The van der Waals surface area contributed by atoms with Crippen LogP contribution in [0.1, 0.15) is 44.4 Å². The zero-order chi connectivity index (χ0) is 32.0. The van der Waals surface area contributed by atoms with Crippen molar-refractivity contribution in [2.75, 3.05) is 4.90 Å². The fourth-order valence-corrected chi connectivity index (χ4v) is 5.95. The molecule has 0 aromatic heterocycles. The van der Waals surface area contributed by atoms with E-state index in [2.05, 4.69) is 148 Å². The van der Waals surface area contributed by atoms with Gasteiger partial charge in [0.15, 0.2) is 0 Å². The van der Waals surface area contributed by atoms with Gasteiger partial charge in [-0.3, -0.25) is 0 Å². The van der Waals surface area contributed by atoms with Crippen LogP contribution in [0.25, 0.3) is 5.57 Å². The van der Waals surface area contributed by atoms with Gasteiger partial charge >= 0.3 is 0 Å². The van der Waals surface area contributed by atoms with Crippen molar-refractivity contribution in [2.24, 2.45) is 0 Å². The van der Waals surface area contributed by atoms with E-state index in [0.717, 1.165) is 39.4 Å². The van der Waals surface area contributed by atoms with Gasteiger partial charge in [-0.2, -0.15) is 0 Å². The number of rotatable bonds is 14. The first-order valence-corrected chi connectivity index (χ1v) is 15.1. The Hall–Kier alpha value is -5.14. The molecule has 1 atom stereocenters. The molecule has 0 amide bonds. The maximum Gasteiger partial charge on any atom is 0.0710 e. The molecule has 0 fully saturated rings. The van der Waals surface area contributed by atoms with Gasteiger partial charge in [-0.15, -0.1) is 0 Å². The van der Waals surface area contributed by atoms with E-state index in [1.54, 1.807) is 6.08 Å². The van der Waals surface area contributed by atoms with Gasteiger partial charge in [0.2, 0.25) is 0 Å². The monoisotopic (exact) mass is 575 g/mol. The number of hydrogen-bond acceptors (Lipinski definition) is 1. The van der Waals surface area contributed by atoms with Crippen molar-refractivity contribution in [3.05, 3.63) is 217 Å². The topological polar surface area (TPSA) is 3.24 Å². The molecule has 0 spiro atoms. The van der Waals surface area contributed by atoms with Crippen LogP contribution in [-0.4, -0.2) is 0 Å². The molecule has 0 heterocycles. The van der Waals surface area contributed by atoms with Crippen molar-refractivity contribution in [3.63, 3.8) is 0 Å². The minimum Gasteiger partial charge on any atom is -0.310 e. The summed E-state index contributed by atoms with van der Waals surface area (Å²) in [7, 11) is 0.